The fraction of sp³-hybridized carbons (Fsp3) is 0.391. The van der Waals surface area contributed by atoms with Crippen LogP contribution in [0.25, 0.3) is 0 Å². The third-order valence-electron chi connectivity index (χ3n) is 5.46. The number of aryl methyl sites for hydroxylation is 1. The maximum atomic E-state index is 13.9. The summed E-state index contributed by atoms with van der Waals surface area (Å²) < 4.78 is 27.9. The van der Waals surface area contributed by atoms with E-state index in [-0.39, 0.29) is 11.8 Å². The number of rotatable bonds is 5. The molecule has 3 rings (SSSR count). The lowest BCUT2D eigenvalue weighted by Gasteiger charge is -2.38. The number of anilines is 1. The number of piperazine rings is 1. The lowest BCUT2D eigenvalue weighted by Crippen LogP contribution is -2.56. The van der Waals surface area contributed by atoms with Crippen molar-refractivity contribution in [2.24, 2.45) is 5.92 Å². The lowest BCUT2D eigenvalue weighted by molar-refractivity contribution is -0.134. The summed E-state index contributed by atoms with van der Waals surface area (Å²) >= 11 is 0. The van der Waals surface area contributed by atoms with Gasteiger partial charge in [-0.25, -0.2) is 8.78 Å². The summed E-state index contributed by atoms with van der Waals surface area (Å²) in [4.78, 5) is 29.5. The summed E-state index contributed by atoms with van der Waals surface area (Å²) in [5.41, 5.74) is 1.66. The average molecular weight is 415 g/mol. The van der Waals surface area contributed by atoms with Crippen molar-refractivity contribution in [2.45, 2.75) is 26.8 Å². The highest BCUT2D eigenvalue weighted by molar-refractivity contribution is 5.98. The molecular formula is C23H27F2N3O2. The zero-order valence-corrected chi connectivity index (χ0v) is 17.5. The molecule has 0 spiro atoms. The molecule has 2 aromatic carbocycles. The highest BCUT2D eigenvalue weighted by atomic mass is 19.1. The Hall–Kier alpha value is -2.96. The summed E-state index contributed by atoms with van der Waals surface area (Å²) in [6.07, 6.45) is 0. The van der Waals surface area contributed by atoms with Crippen LogP contribution in [0.5, 0.6) is 0 Å². The molecule has 1 fully saturated rings. The fourth-order valence-electron chi connectivity index (χ4n) is 3.72. The quantitative estimate of drug-likeness (QED) is 0.815. The van der Waals surface area contributed by atoms with E-state index in [2.05, 4.69) is 29.3 Å². The Balaban J connectivity index is 1.68. The second-order valence-electron chi connectivity index (χ2n) is 7.89. The van der Waals surface area contributed by atoms with E-state index in [1.165, 1.54) is 11.6 Å². The van der Waals surface area contributed by atoms with E-state index in [1.807, 2.05) is 12.1 Å². The standard InChI is InChI=1S/C23H27F2N3O2/c1-15(2)21(26-22(29)20-17(24)8-6-9-18(20)25)23(30)28-13-11-27(12-14-28)19-10-5-4-7-16(19)3/h4-10,15,21H,11-14H2,1-3H3,(H,26,29). The molecule has 1 aliphatic rings. The highest BCUT2D eigenvalue weighted by Crippen LogP contribution is 2.21. The first-order valence-corrected chi connectivity index (χ1v) is 10.1. The molecule has 2 aromatic rings. The first kappa shape index (κ1) is 21.7. The van der Waals surface area contributed by atoms with E-state index in [9.17, 15) is 18.4 Å². The van der Waals surface area contributed by atoms with Crippen LogP contribution in [0.4, 0.5) is 14.5 Å². The molecule has 2 amide bonds. The summed E-state index contributed by atoms with van der Waals surface area (Å²) in [5.74, 6) is -3.29. The number of nitrogens with zero attached hydrogens (tertiary/aromatic N) is 2. The molecule has 30 heavy (non-hydrogen) atoms. The number of amides is 2. The lowest BCUT2D eigenvalue weighted by atomic mass is 10.0. The molecule has 1 unspecified atom stereocenters. The molecule has 0 aliphatic carbocycles. The van der Waals surface area contributed by atoms with Crippen molar-refractivity contribution in [3.63, 3.8) is 0 Å². The van der Waals surface area contributed by atoms with Gasteiger partial charge < -0.3 is 15.1 Å². The number of hydrogen-bond acceptors (Lipinski definition) is 3. The number of para-hydroxylation sites is 1. The molecule has 5 nitrogen and oxygen atoms in total. The maximum Gasteiger partial charge on any atom is 0.257 e. The number of benzene rings is 2. The van der Waals surface area contributed by atoms with Gasteiger partial charge in [0.25, 0.3) is 5.91 Å². The second-order valence-corrected chi connectivity index (χ2v) is 7.89. The van der Waals surface area contributed by atoms with Gasteiger partial charge in [0.2, 0.25) is 5.91 Å². The van der Waals surface area contributed by atoms with Crippen LogP contribution in [-0.2, 0) is 4.79 Å². The Bertz CT molecular complexity index is 904. The molecular weight excluding hydrogens is 388 g/mol. The number of hydrogen-bond donors (Lipinski definition) is 1. The van der Waals surface area contributed by atoms with Gasteiger partial charge >= 0.3 is 0 Å². The van der Waals surface area contributed by atoms with Crippen LogP contribution in [0, 0.1) is 24.5 Å². The SMILES string of the molecule is Cc1ccccc1N1CCN(C(=O)C(NC(=O)c2c(F)cccc2F)C(C)C)CC1. The Morgan fingerprint density at radius 1 is 0.933 bits per heavy atom. The molecule has 1 N–H and O–H groups in total. The van der Waals surface area contributed by atoms with Crippen molar-refractivity contribution < 1.29 is 18.4 Å². The Labute approximate surface area is 175 Å². The summed E-state index contributed by atoms with van der Waals surface area (Å²) in [7, 11) is 0. The van der Waals surface area contributed by atoms with Crippen LogP contribution < -0.4 is 10.2 Å². The van der Waals surface area contributed by atoms with Crippen molar-refractivity contribution in [2.75, 3.05) is 31.1 Å². The van der Waals surface area contributed by atoms with Crippen LogP contribution in [0.3, 0.4) is 0 Å². The van der Waals surface area contributed by atoms with Crippen molar-refractivity contribution in [3.8, 4) is 0 Å². The van der Waals surface area contributed by atoms with Crippen LogP contribution in [0.2, 0.25) is 0 Å². The first-order chi connectivity index (χ1) is 14.3. The molecule has 160 valence electrons. The molecule has 1 atom stereocenters. The largest absolute Gasteiger partial charge is 0.368 e. The minimum absolute atomic E-state index is 0.231. The molecule has 0 aromatic heterocycles. The number of halogens is 2. The number of nitrogens with one attached hydrogen (secondary N) is 1. The molecule has 0 saturated carbocycles. The van der Waals surface area contributed by atoms with E-state index in [4.69, 9.17) is 0 Å². The number of carbonyl (C=O) groups excluding carboxylic acids is 2. The molecule has 0 radical (unpaired) electrons. The van der Waals surface area contributed by atoms with E-state index >= 15 is 0 Å². The van der Waals surface area contributed by atoms with E-state index in [0.717, 1.165) is 17.8 Å². The van der Waals surface area contributed by atoms with Gasteiger partial charge in [-0.3, -0.25) is 9.59 Å². The minimum atomic E-state index is -0.950. The summed E-state index contributed by atoms with van der Waals surface area (Å²) in [6.45, 7) is 8.03. The first-order valence-electron chi connectivity index (χ1n) is 10.1. The third-order valence-corrected chi connectivity index (χ3v) is 5.46. The average Bonchev–Trinajstić information content (AvgIpc) is 2.72. The molecule has 1 heterocycles. The normalized spacial score (nSPS) is 15.3. The van der Waals surface area contributed by atoms with Gasteiger partial charge in [0.1, 0.15) is 23.2 Å². The second kappa shape index (κ2) is 9.24. The number of carbonyl (C=O) groups is 2. The Morgan fingerprint density at radius 3 is 2.10 bits per heavy atom. The van der Waals surface area contributed by atoms with Crippen LogP contribution in [0.1, 0.15) is 29.8 Å². The van der Waals surface area contributed by atoms with Crippen molar-refractivity contribution in [1.82, 2.24) is 10.2 Å². The predicted octanol–water partition coefficient (Wildman–Crippen LogP) is 3.38. The van der Waals surface area contributed by atoms with Gasteiger partial charge in [-0.2, -0.15) is 0 Å². The highest BCUT2D eigenvalue weighted by Gasteiger charge is 2.32. The van der Waals surface area contributed by atoms with E-state index in [1.54, 1.807) is 18.7 Å². The third kappa shape index (κ3) is 4.61. The van der Waals surface area contributed by atoms with Crippen molar-refractivity contribution in [1.29, 1.82) is 0 Å². The van der Waals surface area contributed by atoms with Gasteiger partial charge in [0.05, 0.1) is 0 Å². The molecule has 1 aliphatic heterocycles. The van der Waals surface area contributed by atoms with Crippen molar-refractivity contribution >= 4 is 17.5 Å². The van der Waals surface area contributed by atoms with E-state index < -0.39 is 29.1 Å². The summed E-state index contributed by atoms with van der Waals surface area (Å²) in [6, 6.07) is 10.5. The van der Waals surface area contributed by atoms with Crippen LogP contribution in [-0.4, -0.2) is 48.9 Å². The monoisotopic (exact) mass is 415 g/mol. The Kier molecular flexibility index (Phi) is 6.70. The van der Waals surface area contributed by atoms with Gasteiger partial charge in [-0.05, 0) is 36.6 Å². The minimum Gasteiger partial charge on any atom is -0.368 e. The van der Waals surface area contributed by atoms with Gasteiger partial charge in [0.15, 0.2) is 0 Å². The predicted molar refractivity (Wildman–Crippen MR) is 112 cm³/mol. The van der Waals surface area contributed by atoms with Gasteiger partial charge in [-0.15, -0.1) is 0 Å². The maximum absolute atomic E-state index is 13.9. The Morgan fingerprint density at radius 2 is 1.53 bits per heavy atom. The van der Waals surface area contributed by atoms with Crippen molar-refractivity contribution in [3.05, 3.63) is 65.2 Å². The van der Waals surface area contributed by atoms with Gasteiger partial charge in [-0.1, -0.05) is 38.1 Å². The van der Waals surface area contributed by atoms with E-state index in [0.29, 0.717) is 26.2 Å². The van der Waals surface area contributed by atoms with Crippen LogP contribution >= 0.6 is 0 Å². The molecule has 1 saturated heterocycles. The van der Waals surface area contributed by atoms with Crippen LogP contribution in [0.15, 0.2) is 42.5 Å². The zero-order valence-electron chi connectivity index (χ0n) is 17.5. The smallest absolute Gasteiger partial charge is 0.257 e. The van der Waals surface area contributed by atoms with Gasteiger partial charge in [0, 0.05) is 31.9 Å². The zero-order chi connectivity index (χ0) is 21.8. The topological polar surface area (TPSA) is 52.6 Å². The summed E-state index contributed by atoms with van der Waals surface area (Å²) in [5, 5.41) is 2.54. The molecule has 0 bridgehead atoms. The fourth-order valence-corrected chi connectivity index (χ4v) is 3.72. The molecule has 7 heteroatoms.